The number of benzene rings is 1. The van der Waals surface area contributed by atoms with E-state index < -0.39 is 0 Å². The molecule has 0 aromatic heterocycles. The van der Waals surface area contributed by atoms with E-state index in [-0.39, 0.29) is 5.91 Å². The predicted molar refractivity (Wildman–Crippen MR) is 91.0 cm³/mol. The highest BCUT2D eigenvalue weighted by Gasteiger charge is 2.18. The molecule has 4 heteroatoms. The minimum absolute atomic E-state index is 0.197. The number of piperazine rings is 1. The van der Waals surface area contributed by atoms with Crippen LogP contribution in [0.15, 0.2) is 30.3 Å². The van der Waals surface area contributed by atoms with Crippen LogP contribution in [-0.2, 0) is 4.79 Å². The van der Waals surface area contributed by atoms with E-state index in [1.165, 1.54) is 5.56 Å². The van der Waals surface area contributed by atoms with Gasteiger partial charge < -0.3 is 10.2 Å². The summed E-state index contributed by atoms with van der Waals surface area (Å²) < 4.78 is 0. The van der Waals surface area contributed by atoms with Crippen LogP contribution < -0.4 is 5.32 Å². The maximum atomic E-state index is 11.3. The Bertz CT molecular complexity index is 455. The number of rotatable bonds is 6. The van der Waals surface area contributed by atoms with Crippen LogP contribution in [0.5, 0.6) is 0 Å². The summed E-state index contributed by atoms with van der Waals surface area (Å²) in [6, 6.07) is 11.1. The molecule has 4 nitrogen and oxygen atoms in total. The van der Waals surface area contributed by atoms with Crippen molar-refractivity contribution in [2.45, 2.75) is 32.7 Å². The van der Waals surface area contributed by atoms with Gasteiger partial charge in [0.2, 0.25) is 5.91 Å². The van der Waals surface area contributed by atoms with Gasteiger partial charge in [0.1, 0.15) is 0 Å². The zero-order chi connectivity index (χ0) is 15.9. The van der Waals surface area contributed by atoms with Gasteiger partial charge in [-0.3, -0.25) is 9.69 Å². The van der Waals surface area contributed by atoms with Gasteiger partial charge in [-0.25, -0.2) is 0 Å². The molecular formula is C18H29N3O. The quantitative estimate of drug-likeness (QED) is 0.872. The minimum Gasteiger partial charge on any atom is -0.340 e. The molecule has 2 rings (SSSR count). The first-order chi connectivity index (χ1) is 10.6. The molecule has 1 N–H and O–H groups in total. The number of amides is 1. The van der Waals surface area contributed by atoms with Gasteiger partial charge in [0, 0.05) is 52.2 Å². The zero-order valence-corrected chi connectivity index (χ0v) is 14.1. The molecule has 2 atom stereocenters. The van der Waals surface area contributed by atoms with Gasteiger partial charge >= 0.3 is 0 Å². The highest BCUT2D eigenvalue weighted by Crippen LogP contribution is 2.18. The van der Waals surface area contributed by atoms with Gasteiger partial charge in [-0.1, -0.05) is 37.3 Å². The molecule has 0 saturated carbocycles. The molecule has 122 valence electrons. The van der Waals surface area contributed by atoms with Crippen molar-refractivity contribution < 1.29 is 4.79 Å². The summed E-state index contributed by atoms with van der Waals surface area (Å²) in [6.07, 6.45) is 0. The Balaban J connectivity index is 1.67. The molecule has 0 spiro atoms. The lowest BCUT2D eigenvalue weighted by Crippen LogP contribution is -2.50. The number of nitrogens with zero attached hydrogens (tertiary/aromatic N) is 2. The molecule has 22 heavy (non-hydrogen) atoms. The third-order valence-electron chi connectivity index (χ3n) is 4.79. The second-order valence-electron chi connectivity index (χ2n) is 6.29. The average molecular weight is 303 g/mol. The van der Waals surface area contributed by atoms with Crippen LogP contribution in [0.2, 0.25) is 0 Å². The van der Waals surface area contributed by atoms with Crippen LogP contribution in [0, 0.1) is 0 Å². The van der Waals surface area contributed by atoms with Crippen molar-refractivity contribution in [3.8, 4) is 0 Å². The second kappa shape index (κ2) is 8.30. The lowest BCUT2D eigenvalue weighted by molar-refractivity contribution is -0.130. The SMILES string of the molecule is CC(=O)N1CCN(CCN[C@H](C)[C@H](C)c2ccccc2)CC1. The summed E-state index contributed by atoms with van der Waals surface area (Å²) >= 11 is 0. The molecule has 0 bridgehead atoms. The molecule has 1 heterocycles. The molecule has 1 saturated heterocycles. The summed E-state index contributed by atoms with van der Waals surface area (Å²) in [5.74, 6) is 0.707. The van der Waals surface area contributed by atoms with E-state index >= 15 is 0 Å². The number of carbonyl (C=O) groups excluding carboxylic acids is 1. The molecule has 0 radical (unpaired) electrons. The third-order valence-corrected chi connectivity index (χ3v) is 4.79. The van der Waals surface area contributed by atoms with E-state index in [0.717, 1.165) is 39.3 Å². The van der Waals surface area contributed by atoms with E-state index in [1.807, 2.05) is 4.90 Å². The molecular weight excluding hydrogens is 274 g/mol. The van der Waals surface area contributed by atoms with Gasteiger partial charge in [-0.05, 0) is 18.4 Å². The van der Waals surface area contributed by atoms with Crippen LogP contribution >= 0.6 is 0 Å². The van der Waals surface area contributed by atoms with Crippen molar-refractivity contribution in [3.05, 3.63) is 35.9 Å². The van der Waals surface area contributed by atoms with Crippen molar-refractivity contribution in [3.63, 3.8) is 0 Å². The van der Waals surface area contributed by atoms with Crippen LogP contribution in [0.3, 0.4) is 0 Å². The van der Waals surface area contributed by atoms with E-state index in [9.17, 15) is 4.79 Å². The monoisotopic (exact) mass is 303 g/mol. The Morgan fingerprint density at radius 1 is 1.14 bits per heavy atom. The number of hydrogen-bond donors (Lipinski definition) is 1. The fraction of sp³-hybridized carbons (Fsp3) is 0.611. The lowest BCUT2D eigenvalue weighted by Gasteiger charge is -2.34. The highest BCUT2D eigenvalue weighted by atomic mass is 16.2. The van der Waals surface area contributed by atoms with Gasteiger partial charge in [0.25, 0.3) is 0 Å². The number of hydrogen-bond acceptors (Lipinski definition) is 3. The maximum absolute atomic E-state index is 11.3. The van der Waals surface area contributed by atoms with E-state index in [0.29, 0.717) is 12.0 Å². The molecule has 1 aliphatic rings. The zero-order valence-electron chi connectivity index (χ0n) is 14.1. The van der Waals surface area contributed by atoms with E-state index in [1.54, 1.807) is 6.92 Å². The second-order valence-corrected chi connectivity index (χ2v) is 6.29. The first kappa shape index (κ1) is 17.0. The van der Waals surface area contributed by atoms with Crippen LogP contribution in [0.4, 0.5) is 0 Å². The minimum atomic E-state index is 0.197. The Labute approximate surface area is 134 Å². The fourth-order valence-corrected chi connectivity index (χ4v) is 2.96. The van der Waals surface area contributed by atoms with Gasteiger partial charge in [-0.2, -0.15) is 0 Å². The molecule has 1 amide bonds. The average Bonchev–Trinajstić information content (AvgIpc) is 2.55. The van der Waals surface area contributed by atoms with Crippen molar-refractivity contribution in [1.29, 1.82) is 0 Å². The molecule has 1 aromatic rings. The van der Waals surface area contributed by atoms with Crippen LogP contribution in [-0.4, -0.2) is 61.0 Å². The summed E-state index contributed by atoms with van der Waals surface area (Å²) in [4.78, 5) is 15.7. The van der Waals surface area contributed by atoms with Crippen LogP contribution in [0.25, 0.3) is 0 Å². The van der Waals surface area contributed by atoms with Crippen LogP contribution in [0.1, 0.15) is 32.3 Å². The Hall–Kier alpha value is -1.39. The lowest BCUT2D eigenvalue weighted by atomic mass is 9.94. The number of nitrogens with one attached hydrogen (secondary N) is 1. The summed E-state index contributed by atoms with van der Waals surface area (Å²) in [7, 11) is 0. The van der Waals surface area contributed by atoms with Crippen molar-refractivity contribution in [2.24, 2.45) is 0 Å². The summed E-state index contributed by atoms with van der Waals surface area (Å²) in [5, 5.41) is 3.64. The Kier molecular flexibility index (Phi) is 6.40. The highest BCUT2D eigenvalue weighted by molar-refractivity contribution is 5.73. The molecule has 0 unspecified atom stereocenters. The van der Waals surface area contributed by atoms with Gasteiger partial charge in [0.05, 0.1) is 0 Å². The topological polar surface area (TPSA) is 35.6 Å². The van der Waals surface area contributed by atoms with E-state index in [2.05, 4.69) is 54.4 Å². The largest absolute Gasteiger partial charge is 0.340 e. The molecule has 1 aliphatic heterocycles. The van der Waals surface area contributed by atoms with Crippen molar-refractivity contribution >= 4 is 5.91 Å². The normalized spacial score (nSPS) is 19.0. The Morgan fingerprint density at radius 2 is 1.77 bits per heavy atom. The fourth-order valence-electron chi connectivity index (χ4n) is 2.96. The summed E-state index contributed by atoms with van der Waals surface area (Å²) in [5.41, 5.74) is 1.39. The summed E-state index contributed by atoms with van der Waals surface area (Å²) in [6.45, 7) is 12.0. The maximum Gasteiger partial charge on any atom is 0.219 e. The van der Waals surface area contributed by atoms with Crippen molar-refractivity contribution in [2.75, 3.05) is 39.3 Å². The van der Waals surface area contributed by atoms with Gasteiger partial charge in [-0.15, -0.1) is 0 Å². The van der Waals surface area contributed by atoms with Gasteiger partial charge in [0.15, 0.2) is 0 Å². The first-order valence-electron chi connectivity index (χ1n) is 8.34. The molecule has 1 fully saturated rings. The standard InChI is InChI=1S/C18H29N3O/c1-15(18-7-5-4-6-8-18)16(2)19-9-10-20-11-13-21(14-12-20)17(3)22/h4-8,15-16,19H,9-14H2,1-3H3/t15-,16+/m0/s1. The molecule has 0 aliphatic carbocycles. The van der Waals surface area contributed by atoms with E-state index in [4.69, 9.17) is 0 Å². The first-order valence-corrected chi connectivity index (χ1v) is 8.34. The third kappa shape index (κ3) is 4.82. The van der Waals surface area contributed by atoms with Crippen molar-refractivity contribution in [1.82, 2.24) is 15.1 Å². The number of carbonyl (C=O) groups is 1. The molecule has 1 aromatic carbocycles. The smallest absolute Gasteiger partial charge is 0.219 e. The Morgan fingerprint density at radius 3 is 2.36 bits per heavy atom. The predicted octanol–water partition coefficient (Wildman–Crippen LogP) is 1.93.